The van der Waals surface area contributed by atoms with Crippen molar-refractivity contribution in [3.05, 3.63) is 109 Å². The molecule has 0 aliphatic heterocycles. The standard InChI is InChI=1S/C27H21N3OSe/c1-31-22-18-16-21(17-19-22)27-26(20-10-4-2-5-11-20)28-29-30(27)24-14-8-9-15-25(24)32-23-12-6-3-7-13-23/h2-19H,1H3. The molecule has 0 saturated heterocycles. The molecule has 0 aliphatic carbocycles. The monoisotopic (exact) mass is 483 g/mol. The van der Waals surface area contributed by atoms with Gasteiger partial charge in [-0.2, -0.15) is 0 Å². The zero-order valence-electron chi connectivity index (χ0n) is 17.6. The second kappa shape index (κ2) is 9.23. The minimum absolute atomic E-state index is 0.147. The van der Waals surface area contributed by atoms with Gasteiger partial charge in [-0.15, -0.1) is 0 Å². The molecule has 1 aromatic heterocycles. The van der Waals surface area contributed by atoms with Crippen molar-refractivity contribution in [1.29, 1.82) is 0 Å². The fourth-order valence-electron chi connectivity index (χ4n) is 3.58. The SMILES string of the molecule is COc1ccc(-c2c(-c3ccccc3)nnn2-c2ccccc2[Se]c2ccccc2)cc1. The van der Waals surface area contributed by atoms with Gasteiger partial charge in [0.2, 0.25) is 0 Å². The number of hydrogen-bond acceptors (Lipinski definition) is 3. The number of methoxy groups -OCH3 is 1. The summed E-state index contributed by atoms with van der Waals surface area (Å²) in [5, 5.41) is 9.25. The molecule has 156 valence electrons. The first-order valence-electron chi connectivity index (χ1n) is 10.3. The van der Waals surface area contributed by atoms with Gasteiger partial charge in [0.15, 0.2) is 0 Å². The molecule has 0 radical (unpaired) electrons. The van der Waals surface area contributed by atoms with Crippen LogP contribution >= 0.6 is 0 Å². The van der Waals surface area contributed by atoms with Crippen molar-refractivity contribution in [3.8, 4) is 34.0 Å². The van der Waals surface area contributed by atoms with Crippen LogP contribution in [-0.2, 0) is 0 Å². The van der Waals surface area contributed by atoms with E-state index in [-0.39, 0.29) is 15.0 Å². The van der Waals surface area contributed by atoms with Crippen LogP contribution in [0.2, 0.25) is 0 Å². The third-order valence-electron chi connectivity index (χ3n) is 5.15. The van der Waals surface area contributed by atoms with Crippen molar-refractivity contribution >= 4 is 23.9 Å². The third kappa shape index (κ3) is 4.09. The van der Waals surface area contributed by atoms with E-state index in [1.165, 1.54) is 8.92 Å². The van der Waals surface area contributed by atoms with Gasteiger partial charge in [0.05, 0.1) is 0 Å². The van der Waals surface area contributed by atoms with Crippen LogP contribution in [-0.4, -0.2) is 37.1 Å². The van der Waals surface area contributed by atoms with Crippen molar-refractivity contribution in [2.45, 2.75) is 0 Å². The first kappa shape index (κ1) is 20.3. The normalized spacial score (nSPS) is 10.8. The molecule has 0 bridgehead atoms. The molecule has 0 fully saturated rings. The number of benzene rings is 4. The predicted octanol–water partition coefficient (Wildman–Crippen LogP) is 4.26. The van der Waals surface area contributed by atoms with Gasteiger partial charge in [-0.1, -0.05) is 0 Å². The van der Waals surface area contributed by atoms with Gasteiger partial charge >= 0.3 is 194 Å². The zero-order chi connectivity index (χ0) is 21.8. The van der Waals surface area contributed by atoms with Crippen molar-refractivity contribution < 1.29 is 4.74 Å². The Morgan fingerprint density at radius 3 is 2.06 bits per heavy atom. The molecule has 32 heavy (non-hydrogen) atoms. The number of rotatable bonds is 6. The molecular weight excluding hydrogens is 461 g/mol. The molecule has 0 unspecified atom stereocenters. The van der Waals surface area contributed by atoms with Gasteiger partial charge in [-0.05, 0) is 0 Å². The molecule has 0 N–H and O–H groups in total. The Kier molecular flexibility index (Phi) is 5.84. The molecule has 0 atom stereocenters. The third-order valence-corrected chi connectivity index (χ3v) is 7.40. The first-order valence-corrected chi connectivity index (χ1v) is 12.0. The second-order valence-corrected chi connectivity index (χ2v) is 9.52. The molecule has 0 spiro atoms. The summed E-state index contributed by atoms with van der Waals surface area (Å²) < 4.78 is 9.92. The van der Waals surface area contributed by atoms with Crippen LogP contribution in [0.4, 0.5) is 0 Å². The van der Waals surface area contributed by atoms with E-state index in [0.717, 1.165) is 34.0 Å². The summed E-state index contributed by atoms with van der Waals surface area (Å²) in [5.41, 5.74) is 4.96. The average molecular weight is 482 g/mol. The summed E-state index contributed by atoms with van der Waals surface area (Å²) in [6.07, 6.45) is 0. The number of ether oxygens (including phenoxy) is 1. The Balaban J connectivity index is 1.68. The van der Waals surface area contributed by atoms with E-state index in [0.29, 0.717) is 0 Å². The van der Waals surface area contributed by atoms with E-state index in [1.54, 1.807) is 7.11 Å². The van der Waals surface area contributed by atoms with E-state index < -0.39 is 0 Å². The van der Waals surface area contributed by atoms with Gasteiger partial charge in [-0.25, -0.2) is 0 Å². The fourth-order valence-corrected chi connectivity index (χ4v) is 5.58. The summed E-state index contributed by atoms with van der Waals surface area (Å²) in [4.78, 5) is 0. The van der Waals surface area contributed by atoms with Crippen LogP contribution in [0.1, 0.15) is 0 Å². The Morgan fingerprint density at radius 2 is 1.34 bits per heavy atom. The van der Waals surface area contributed by atoms with Crippen LogP contribution in [0.5, 0.6) is 5.75 Å². The number of para-hydroxylation sites is 1. The Bertz CT molecular complexity index is 1320. The quantitative estimate of drug-likeness (QED) is 0.340. The van der Waals surface area contributed by atoms with E-state index in [9.17, 15) is 0 Å². The maximum atomic E-state index is 5.37. The number of hydrogen-bond donors (Lipinski definition) is 0. The van der Waals surface area contributed by atoms with E-state index in [4.69, 9.17) is 4.74 Å². The summed E-state index contributed by atoms with van der Waals surface area (Å²) in [7, 11) is 1.68. The molecule has 1 heterocycles. The van der Waals surface area contributed by atoms with Crippen LogP contribution in [0.15, 0.2) is 109 Å². The van der Waals surface area contributed by atoms with Crippen molar-refractivity contribution in [1.82, 2.24) is 15.0 Å². The Morgan fingerprint density at radius 1 is 0.688 bits per heavy atom. The van der Waals surface area contributed by atoms with Gasteiger partial charge in [0.1, 0.15) is 0 Å². The average Bonchev–Trinajstić information content (AvgIpc) is 3.30. The van der Waals surface area contributed by atoms with Gasteiger partial charge in [0, 0.05) is 0 Å². The zero-order valence-corrected chi connectivity index (χ0v) is 19.3. The topological polar surface area (TPSA) is 39.9 Å². The Hall–Kier alpha value is -3.66. The summed E-state index contributed by atoms with van der Waals surface area (Å²) in [6.45, 7) is 0. The molecule has 0 aliphatic rings. The van der Waals surface area contributed by atoms with E-state index >= 15 is 0 Å². The van der Waals surface area contributed by atoms with Gasteiger partial charge in [0.25, 0.3) is 0 Å². The second-order valence-electron chi connectivity index (χ2n) is 7.18. The molecule has 0 saturated carbocycles. The van der Waals surface area contributed by atoms with Crippen molar-refractivity contribution in [3.63, 3.8) is 0 Å². The summed E-state index contributed by atoms with van der Waals surface area (Å²) >= 11 is 0.147. The van der Waals surface area contributed by atoms with Crippen LogP contribution in [0.25, 0.3) is 28.2 Å². The number of aromatic nitrogens is 3. The Labute approximate surface area is 193 Å². The van der Waals surface area contributed by atoms with Crippen LogP contribution in [0.3, 0.4) is 0 Å². The van der Waals surface area contributed by atoms with Crippen LogP contribution in [0, 0.1) is 0 Å². The predicted molar refractivity (Wildman–Crippen MR) is 130 cm³/mol. The summed E-state index contributed by atoms with van der Waals surface area (Å²) in [6, 6.07) is 37.3. The van der Waals surface area contributed by atoms with Crippen LogP contribution < -0.4 is 13.7 Å². The van der Waals surface area contributed by atoms with Gasteiger partial charge < -0.3 is 0 Å². The van der Waals surface area contributed by atoms with Crippen molar-refractivity contribution in [2.75, 3.05) is 7.11 Å². The molecule has 0 amide bonds. The minimum atomic E-state index is 0.147. The molecule has 5 aromatic rings. The molecule has 4 aromatic carbocycles. The van der Waals surface area contributed by atoms with Crippen molar-refractivity contribution in [2.24, 2.45) is 0 Å². The molecule has 4 nitrogen and oxygen atoms in total. The first-order chi connectivity index (χ1) is 15.8. The van der Waals surface area contributed by atoms with E-state index in [2.05, 4.69) is 89.2 Å². The summed E-state index contributed by atoms with van der Waals surface area (Å²) in [5.74, 6) is 0.821. The number of nitrogens with zero attached hydrogens (tertiary/aromatic N) is 3. The molecule has 5 rings (SSSR count). The molecular formula is C27H21N3OSe. The molecule has 5 heteroatoms. The van der Waals surface area contributed by atoms with Gasteiger partial charge in [-0.3, -0.25) is 0 Å². The fraction of sp³-hybridized carbons (Fsp3) is 0.0370. The van der Waals surface area contributed by atoms with E-state index in [1.807, 2.05) is 35.0 Å². The maximum absolute atomic E-state index is 5.37.